The van der Waals surface area contributed by atoms with Gasteiger partial charge in [-0.15, -0.1) is 11.3 Å². The van der Waals surface area contributed by atoms with E-state index in [9.17, 15) is 0 Å². The van der Waals surface area contributed by atoms with E-state index in [1.165, 1.54) is 20.2 Å². The quantitative estimate of drug-likeness (QED) is 0.239. The van der Waals surface area contributed by atoms with Gasteiger partial charge in [-0.05, 0) is 72.8 Å². The van der Waals surface area contributed by atoms with Gasteiger partial charge in [-0.3, -0.25) is 0 Å². The molecule has 0 amide bonds. The van der Waals surface area contributed by atoms with E-state index in [2.05, 4.69) is 132 Å². The van der Waals surface area contributed by atoms with Gasteiger partial charge in [-0.1, -0.05) is 60.7 Å². The van der Waals surface area contributed by atoms with Crippen molar-refractivity contribution in [1.82, 2.24) is 0 Å². The number of hydrogen-bond donors (Lipinski definition) is 1. The molecule has 0 atom stereocenters. The van der Waals surface area contributed by atoms with Gasteiger partial charge in [0.1, 0.15) is 11.2 Å². The van der Waals surface area contributed by atoms with Crippen LogP contribution in [0.2, 0.25) is 0 Å². The van der Waals surface area contributed by atoms with E-state index in [0.29, 0.717) is 0 Å². The number of fused-ring (bicyclic) bond motifs is 6. The predicted molar refractivity (Wildman–Crippen MR) is 171 cm³/mol. The largest absolute Gasteiger partial charge is 0.456 e. The summed E-state index contributed by atoms with van der Waals surface area (Å²) in [6.45, 7) is 0. The fourth-order valence-corrected chi connectivity index (χ4v) is 6.68. The van der Waals surface area contributed by atoms with Gasteiger partial charge in [-0.25, -0.2) is 0 Å². The summed E-state index contributed by atoms with van der Waals surface area (Å²) in [7, 11) is 0. The molecule has 0 bridgehead atoms. The Balaban J connectivity index is 1.17. The molecule has 40 heavy (non-hydrogen) atoms. The highest BCUT2D eigenvalue weighted by Crippen LogP contribution is 2.41. The first-order chi connectivity index (χ1) is 19.8. The van der Waals surface area contributed by atoms with Gasteiger partial charge in [0.15, 0.2) is 0 Å². The van der Waals surface area contributed by atoms with Crippen LogP contribution in [-0.4, -0.2) is 0 Å². The maximum Gasteiger partial charge on any atom is 0.137 e. The van der Waals surface area contributed by atoms with E-state index >= 15 is 0 Å². The second-order valence-corrected chi connectivity index (χ2v) is 11.0. The Morgan fingerprint density at radius 3 is 1.88 bits per heavy atom. The normalized spacial score (nSPS) is 11.5. The van der Waals surface area contributed by atoms with Crippen molar-refractivity contribution in [1.29, 1.82) is 0 Å². The molecule has 0 fully saturated rings. The topological polar surface area (TPSA) is 28.4 Å². The van der Waals surface area contributed by atoms with Gasteiger partial charge < -0.3 is 14.6 Å². The molecule has 0 saturated carbocycles. The second-order valence-electron chi connectivity index (χ2n) is 9.93. The van der Waals surface area contributed by atoms with E-state index in [4.69, 9.17) is 4.42 Å². The lowest BCUT2D eigenvalue weighted by molar-refractivity contribution is 0.669. The maximum atomic E-state index is 6.09. The summed E-state index contributed by atoms with van der Waals surface area (Å²) in [5, 5.41) is 8.40. The number of anilines is 5. The van der Waals surface area contributed by atoms with Crippen LogP contribution < -0.4 is 10.2 Å². The van der Waals surface area contributed by atoms with Crippen LogP contribution in [0, 0.1) is 0 Å². The van der Waals surface area contributed by atoms with Crippen molar-refractivity contribution in [2.24, 2.45) is 0 Å². The van der Waals surface area contributed by atoms with Gasteiger partial charge in [0, 0.05) is 65.4 Å². The van der Waals surface area contributed by atoms with Crippen LogP contribution in [0.5, 0.6) is 0 Å². The Labute approximate surface area is 235 Å². The average molecular weight is 533 g/mol. The zero-order valence-electron chi connectivity index (χ0n) is 21.5. The molecule has 0 spiro atoms. The zero-order chi connectivity index (χ0) is 26.5. The van der Waals surface area contributed by atoms with Crippen LogP contribution in [0.4, 0.5) is 28.4 Å². The lowest BCUT2D eigenvalue weighted by Crippen LogP contribution is -2.09. The first-order valence-corrected chi connectivity index (χ1v) is 14.2. The molecule has 0 aliphatic rings. The molecule has 190 valence electrons. The maximum absolute atomic E-state index is 6.09. The molecule has 0 radical (unpaired) electrons. The van der Waals surface area contributed by atoms with Crippen LogP contribution in [0.3, 0.4) is 0 Å². The summed E-state index contributed by atoms with van der Waals surface area (Å²) in [4.78, 5) is 2.31. The molecule has 8 rings (SSSR count). The number of benzene rings is 6. The Morgan fingerprint density at radius 2 is 1.10 bits per heavy atom. The molecule has 2 aromatic heterocycles. The van der Waals surface area contributed by atoms with Gasteiger partial charge in [-0.2, -0.15) is 0 Å². The smallest absolute Gasteiger partial charge is 0.137 e. The molecule has 6 aromatic carbocycles. The molecule has 3 nitrogen and oxygen atoms in total. The van der Waals surface area contributed by atoms with Crippen LogP contribution in [-0.2, 0) is 0 Å². The van der Waals surface area contributed by atoms with Crippen LogP contribution in [0.25, 0.3) is 42.1 Å². The summed E-state index contributed by atoms with van der Waals surface area (Å²) >= 11 is 1.83. The monoisotopic (exact) mass is 532 g/mol. The molecule has 1 N–H and O–H groups in total. The van der Waals surface area contributed by atoms with Crippen molar-refractivity contribution in [3.8, 4) is 0 Å². The third-order valence-electron chi connectivity index (χ3n) is 7.41. The van der Waals surface area contributed by atoms with Crippen molar-refractivity contribution in [2.45, 2.75) is 0 Å². The highest BCUT2D eigenvalue weighted by Gasteiger charge is 2.15. The van der Waals surface area contributed by atoms with E-state index in [-0.39, 0.29) is 0 Å². The fraction of sp³-hybridized carbons (Fsp3) is 0. The van der Waals surface area contributed by atoms with Gasteiger partial charge in [0.05, 0.1) is 0 Å². The SMILES string of the molecule is c1ccc(N(c2ccccc2)c2ccc3sc4cc(Nc5ccc6c(c5)oc5ccccc56)ccc4c3c2)cc1. The molecular weight excluding hydrogens is 508 g/mol. The lowest BCUT2D eigenvalue weighted by Gasteiger charge is -2.25. The molecular formula is C36H24N2OS. The van der Waals surface area contributed by atoms with Crippen LogP contribution in [0.1, 0.15) is 0 Å². The molecule has 0 aliphatic carbocycles. The van der Waals surface area contributed by atoms with Crippen molar-refractivity contribution in [3.05, 3.63) is 140 Å². The second kappa shape index (κ2) is 9.30. The van der Waals surface area contributed by atoms with Gasteiger partial charge >= 0.3 is 0 Å². The number of nitrogens with one attached hydrogen (secondary N) is 1. The number of furan rings is 1. The first kappa shape index (κ1) is 22.9. The van der Waals surface area contributed by atoms with Crippen molar-refractivity contribution in [3.63, 3.8) is 0 Å². The summed E-state index contributed by atoms with van der Waals surface area (Å²) in [6, 6.07) is 49.0. The number of rotatable bonds is 5. The Hall–Kier alpha value is -5.06. The van der Waals surface area contributed by atoms with E-state index in [1.807, 2.05) is 29.5 Å². The van der Waals surface area contributed by atoms with Crippen molar-refractivity contribution in [2.75, 3.05) is 10.2 Å². The van der Waals surface area contributed by atoms with Crippen LogP contribution >= 0.6 is 11.3 Å². The number of hydrogen-bond acceptors (Lipinski definition) is 4. The summed E-state index contributed by atoms with van der Waals surface area (Å²) in [6.07, 6.45) is 0. The summed E-state index contributed by atoms with van der Waals surface area (Å²) in [5.41, 5.74) is 7.30. The minimum atomic E-state index is 0.892. The summed E-state index contributed by atoms with van der Waals surface area (Å²) in [5.74, 6) is 0. The minimum absolute atomic E-state index is 0.892. The first-order valence-electron chi connectivity index (χ1n) is 13.4. The van der Waals surface area contributed by atoms with E-state index in [0.717, 1.165) is 50.4 Å². The molecule has 0 aliphatic heterocycles. The van der Waals surface area contributed by atoms with Crippen molar-refractivity contribution < 1.29 is 4.42 Å². The third kappa shape index (κ3) is 3.89. The molecule has 0 unspecified atom stereocenters. The van der Waals surface area contributed by atoms with Crippen molar-refractivity contribution >= 4 is 81.9 Å². The predicted octanol–water partition coefficient (Wildman–Crippen LogP) is 11.2. The molecule has 2 heterocycles. The highest BCUT2D eigenvalue weighted by atomic mass is 32.1. The summed E-state index contributed by atoms with van der Waals surface area (Å²) < 4.78 is 8.63. The Bertz CT molecular complexity index is 2110. The fourth-order valence-electron chi connectivity index (χ4n) is 5.55. The molecule has 4 heteroatoms. The zero-order valence-corrected chi connectivity index (χ0v) is 22.4. The lowest BCUT2D eigenvalue weighted by atomic mass is 10.1. The Morgan fingerprint density at radius 1 is 0.450 bits per heavy atom. The molecule has 8 aromatic rings. The van der Waals surface area contributed by atoms with Crippen LogP contribution in [0.15, 0.2) is 144 Å². The average Bonchev–Trinajstić information content (AvgIpc) is 3.55. The van der Waals surface area contributed by atoms with E-state index in [1.54, 1.807) is 0 Å². The standard InChI is InChI=1S/C36H24N2OS/c1-3-9-26(10-4-1)38(27-11-5-2-6-12-27)28-17-20-35-32(23-28)31-19-16-25(22-36(31)40-35)37-24-15-18-30-29-13-7-8-14-33(29)39-34(30)21-24/h1-23,37H. The van der Waals surface area contributed by atoms with E-state index < -0.39 is 0 Å². The van der Waals surface area contributed by atoms with Gasteiger partial charge in [0.2, 0.25) is 0 Å². The third-order valence-corrected chi connectivity index (χ3v) is 8.54. The Kier molecular flexibility index (Phi) is 5.32. The van der Waals surface area contributed by atoms with Gasteiger partial charge in [0.25, 0.3) is 0 Å². The molecule has 0 saturated heterocycles. The highest BCUT2D eigenvalue weighted by molar-refractivity contribution is 7.25. The number of thiophene rings is 1. The minimum Gasteiger partial charge on any atom is -0.456 e. The number of para-hydroxylation sites is 3. The number of nitrogens with zero attached hydrogens (tertiary/aromatic N) is 1.